The van der Waals surface area contributed by atoms with E-state index in [1.54, 1.807) is 18.4 Å². The maximum atomic E-state index is 13.4. The maximum Gasteiger partial charge on any atom is 0.133 e. The van der Waals surface area contributed by atoms with E-state index in [0.29, 0.717) is 12.2 Å². The Bertz CT molecular complexity index is 418. The lowest BCUT2D eigenvalue weighted by Crippen LogP contribution is -1.87. The Morgan fingerprint density at radius 3 is 2.71 bits per heavy atom. The van der Waals surface area contributed by atoms with Crippen molar-refractivity contribution in [1.29, 1.82) is 0 Å². The Labute approximate surface area is 82.2 Å². The number of hydrogen-bond acceptors (Lipinski definition) is 1. The molecule has 0 amide bonds. The summed E-state index contributed by atoms with van der Waals surface area (Å²) in [6.45, 7) is 1.94. The standard InChI is InChI=1S/C12H11FO/c1-2-9-5-6-10(8-11(9)13)12-4-3-7-14-12/h3-8H,2H2,1H3. The van der Waals surface area contributed by atoms with Crippen LogP contribution in [0.15, 0.2) is 41.0 Å². The Kier molecular flexibility index (Phi) is 2.35. The van der Waals surface area contributed by atoms with Crippen LogP contribution < -0.4 is 0 Å². The van der Waals surface area contributed by atoms with Gasteiger partial charge in [0, 0.05) is 5.56 Å². The second-order valence-electron chi connectivity index (χ2n) is 3.14. The average Bonchev–Trinajstić information content (AvgIpc) is 2.70. The van der Waals surface area contributed by atoms with Crippen LogP contribution in [-0.2, 0) is 6.42 Å². The van der Waals surface area contributed by atoms with Crippen LogP contribution in [0.4, 0.5) is 4.39 Å². The van der Waals surface area contributed by atoms with E-state index < -0.39 is 0 Å². The van der Waals surface area contributed by atoms with Crippen LogP contribution >= 0.6 is 0 Å². The second-order valence-corrected chi connectivity index (χ2v) is 3.14. The van der Waals surface area contributed by atoms with Crippen molar-refractivity contribution >= 4 is 0 Å². The van der Waals surface area contributed by atoms with Crippen molar-refractivity contribution in [3.05, 3.63) is 48.0 Å². The zero-order valence-corrected chi connectivity index (χ0v) is 7.96. The molecular weight excluding hydrogens is 179 g/mol. The van der Waals surface area contributed by atoms with E-state index in [2.05, 4.69) is 0 Å². The van der Waals surface area contributed by atoms with Gasteiger partial charge in [-0.1, -0.05) is 19.1 Å². The first kappa shape index (κ1) is 9.00. The molecule has 1 aromatic carbocycles. The number of rotatable bonds is 2. The predicted molar refractivity (Wildman–Crippen MR) is 53.5 cm³/mol. The van der Waals surface area contributed by atoms with E-state index in [-0.39, 0.29) is 5.82 Å². The summed E-state index contributed by atoms with van der Waals surface area (Å²) >= 11 is 0. The highest BCUT2D eigenvalue weighted by atomic mass is 19.1. The number of halogens is 1. The van der Waals surface area contributed by atoms with Crippen molar-refractivity contribution in [2.24, 2.45) is 0 Å². The summed E-state index contributed by atoms with van der Waals surface area (Å²) in [6.07, 6.45) is 2.30. The van der Waals surface area contributed by atoms with Crippen LogP contribution in [0.3, 0.4) is 0 Å². The van der Waals surface area contributed by atoms with E-state index >= 15 is 0 Å². The molecule has 0 fully saturated rings. The van der Waals surface area contributed by atoms with E-state index in [4.69, 9.17) is 4.42 Å². The molecule has 72 valence electrons. The Morgan fingerprint density at radius 2 is 2.14 bits per heavy atom. The van der Waals surface area contributed by atoms with E-state index in [1.165, 1.54) is 6.07 Å². The van der Waals surface area contributed by atoms with Gasteiger partial charge in [-0.2, -0.15) is 0 Å². The number of hydrogen-bond donors (Lipinski definition) is 0. The third-order valence-corrected chi connectivity index (χ3v) is 2.24. The Hall–Kier alpha value is -1.57. The molecule has 0 aliphatic carbocycles. The fourth-order valence-electron chi connectivity index (χ4n) is 1.43. The SMILES string of the molecule is CCc1ccc(-c2ccco2)cc1F. The minimum absolute atomic E-state index is 0.165. The first-order valence-corrected chi connectivity index (χ1v) is 4.63. The van der Waals surface area contributed by atoms with Gasteiger partial charge in [-0.25, -0.2) is 4.39 Å². The number of benzene rings is 1. The third-order valence-electron chi connectivity index (χ3n) is 2.24. The lowest BCUT2D eigenvalue weighted by molar-refractivity contribution is 0.579. The van der Waals surface area contributed by atoms with Crippen LogP contribution in [0.25, 0.3) is 11.3 Å². The zero-order chi connectivity index (χ0) is 9.97. The largest absolute Gasteiger partial charge is 0.464 e. The third kappa shape index (κ3) is 1.55. The first-order valence-electron chi connectivity index (χ1n) is 4.63. The highest BCUT2D eigenvalue weighted by Crippen LogP contribution is 2.22. The predicted octanol–water partition coefficient (Wildman–Crippen LogP) is 3.65. The molecule has 2 aromatic rings. The Morgan fingerprint density at radius 1 is 1.29 bits per heavy atom. The van der Waals surface area contributed by atoms with Gasteiger partial charge in [0.1, 0.15) is 11.6 Å². The van der Waals surface area contributed by atoms with Gasteiger partial charge in [0.15, 0.2) is 0 Å². The van der Waals surface area contributed by atoms with Crippen LogP contribution in [0.1, 0.15) is 12.5 Å². The monoisotopic (exact) mass is 190 g/mol. The molecule has 2 rings (SSSR count). The van der Waals surface area contributed by atoms with Gasteiger partial charge in [-0.15, -0.1) is 0 Å². The quantitative estimate of drug-likeness (QED) is 0.704. The maximum absolute atomic E-state index is 13.4. The zero-order valence-electron chi connectivity index (χ0n) is 7.96. The molecule has 0 saturated carbocycles. The van der Waals surface area contributed by atoms with Gasteiger partial charge in [0.05, 0.1) is 6.26 Å². The molecule has 1 heterocycles. The molecule has 0 unspecified atom stereocenters. The molecule has 0 saturated heterocycles. The smallest absolute Gasteiger partial charge is 0.133 e. The van der Waals surface area contributed by atoms with Crippen LogP contribution in [-0.4, -0.2) is 0 Å². The summed E-state index contributed by atoms with van der Waals surface area (Å²) in [7, 11) is 0. The summed E-state index contributed by atoms with van der Waals surface area (Å²) in [5.41, 5.74) is 1.52. The van der Waals surface area contributed by atoms with Gasteiger partial charge >= 0.3 is 0 Å². The molecule has 2 heteroatoms. The summed E-state index contributed by atoms with van der Waals surface area (Å²) in [5.74, 6) is 0.535. The van der Waals surface area contributed by atoms with Gasteiger partial charge in [-0.05, 0) is 30.2 Å². The molecule has 1 nitrogen and oxygen atoms in total. The van der Waals surface area contributed by atoms with Crippen LogP contribution in [0.2, 0.25) is 0 Å². The van der Waals surface area contributed by atoms with Crippen molar-refractivity contribution in [2.45, 2.75) is 13.3 Å². The van der Waals surface area contributed by atoms with Crippen molar-refractivity contribution < 1.29 is 8.81 Å². The molecule has 0 N–H and O–H groups in total. The topological polar surface area (TPSA) is 13.1 Å². The lowest BCUT2D eigenvalue weighted by Gasteiger charge is -2.01. The molecule has 0 aliphatic heterocycles. The summed E-state index contributed by atoms with van der Waals surface area (Å²) in [4.78, 5) is 0. The molecule has 14 heavy (non-hydrogen) atoms. The molecule has 0 spiro atoms. The molecule has 0 atom stereocenters. The van der Waals surface area contributed by atoms with Gasteiger partial charge < -0.3 is 4.42 Å². The van der Waals surface area contributed by atoms with Crippen molar-refractivity contribution in [3.63, 3.8) is 0 Å². The van der Waals surface area contributed by atoms with E-state index in [9.17, 15) is 4.39 Å². The summed E-state index contributed by atoms with van der Waals surface area (Å²) in [5, 5.41) is 0. The molecule has 0 aliphatic rings. The molecule has 1 aromatic heterocycles. The fourth-order valence-corrected chi connectivity index (χ4v) is 1.43. The van der Waals surface area contributed by atoms with Crippen molar-refractivity contribution in [2.75, 3.05) is 0 Å². The van der Waals surface area contributed by atoms with E-state index in [1.807, 2.05) is 19.1 Å². The summed E-state index contributed by atoms with van der Waals surface area (Å²) < 4.78 is 18.6. The number of aryl methyl sites for hydroxylation is 1. The molecule has 0 bridgehead atoms. The van der Waals surface area contributed by atoms with E-state index in [0.717, 1.165) is 11.1 Å². The highest BCUT2D eigenvalue weighted by molar-refractivity contribution is 5.57. The molecule has 0 radical (unpaired) electrons. The van der Waals surface area contributed by atoms with Gasteiger partial charge in [0.2, 0.25) is 0 Å². The highest BCUT2D eigenvalue weighted by Gasteiger charge is 2.04. The average molecular weight is 190 g/mol. The van der Waals surface area contributed by atoms with Gasteiger partial charge in [-0.3, -0.25) is 0 Å². The lowest BCUT2D eigenvalue weighted by atomic mass is 10.1. The second kappa shape index (κ2) is 3.66. The molecular formula is C12H11FO. The normalized spacial score (nSPS) is 10.4. The van der Waals surface area contributed by atoms with Crippen LogP contribution in [0.5, 0.6) is 0 Å². The van der Waals surface area contributed by atoms with Crippen molar-refractivity contribution in [1.82, 2.24) is 0 Å². The van der Waals surface area contributed by atoms with Crippen LogP contribution in [0, 0.1) is 5.82 Å². The fraction of sp³-hybridized carbons (Fsp3) is 0.167. The number of furan rings is 1. The summed E-state index contributed by atoms with van der Waals surface area (Å²) in [6, 6.07) is 8.80. The first-order chi connectivity index (χ1) is 6.81. The van der Waals surface area contributed by atoms with Crippen molar-refractivity contribution in [3.8, 4) is 11.3 Å². The Balaban J connectivity index is 2.43. The minimum Gasteiger partial charge on any atom is -0.464 e. The minimum atomic E-state index is -0.165. The van der Waals surface area contributed by atoms with Gasteiger partial charge in [0.25, 0.3) is 0 Å².